The van der Waals surface area contributed by atoms with Crippen molar-refractivity contribution in [1.82, 2.24) is 14.9 Å². The van der Waals surface area contributed by atoms with Gasteiger partial charge in [-0.25, -0.2) is 4.98 Å². The smallest absolute Gasteiger partial charge is 0.221 e. The van der Waals surface area contributed by atoms with Gasteiger partial charge in [0.1, 0.15) is 5.82 Å². The average Bonchev–Trinajstić information content (AvgIpc) is 2.20. The van der Waals surface area contributed by atoms with Crippen molar-refractivity contribution in [1.29, 1.82) is 0 Å². The van der Waals surface area contributed by atoms with Gasteiger partial charge >= 0.3 is 0 Å². The molecule has 0 radical (unpaired) electrons. The molecule has 0 aliphatic carbocycles. The van der Waals surface area contributed by atoms with Crippen molar-refractivity contribution in [2.75, 3.05) is 31.6 Å². The molecule has 5 nitrogen and oxygen atoms in total. The van der Waals surface area contributed by atoms with Crippen molar-refractivity contribution in [2.45, 2.75) is 6.42 Å². The van der Waals surface area contributed by atoms with E-state index >= 15 is 0 Å². The fourth-order valence-electron chi connectivity index (χ4n) is 1.67. The number of rotatable bonds is 1. The highest BCUT2D eigenvalue weighted by Gasteiger charge is 2.12. The number of nitrogens with two attached hydrogens (primary N) is 2. The van der Waals surface area contributed by atoms with E-state index in [1.54, 1.807) is 6.20 Å². The fourth-order valence-corrected chi connectivity index (χ4v) is 1.67. The number of aromatic nitrogens is 2. The minimum atomic E-state index is 0.227. The number of anilines is 2. The number of nitrogens with zero attached hydrogens (tertiary/aromatic N) is 3. The first kappa shape index (κ1) is 9.92. The van der Waals surface area contributed by atoms with E-state index in [0.29, 0.717) is 5.82 Å². The lowest BCUT2D eigenvalue weighted by atomic mass is 10.0. The van der Waals surface area contributed by atoms with E-state index in [0.717, 1.165) is 25.1 Å². The summed E-state index contributed by atoms with van der Waals surface area (Å²) in [4.78, 5) is 10.2. The summed E-state index contributed by atoms with van der Waals surface area (Å²) < 4.78 is 0. The van der Waals surface area contributed by atoms with Crippen molar-refractivity contribution >= 4 is 17.3 Å². The molecule has 0 bridgehead atoms. The Hall–Kier alpha value is -1.62. The second kappa shape index (κ2) is 3.86. The molecule has 2 rings (SSSR count). The molecule has 0 aromatic carbocycles. The Kier molecular flexibility index (Phi) is 2.55. The van der Waals surface area contributed by atoms with Crippen LogP contribution in [0, 0.1) is 0 Å². The van der Waals surface area contributed by atoms with Gasteiger partial charge in [-0.2, -0.15) is 4.98 Å². The summed E-state index contributed by atoms with van der Waals surface area (Å²) in [6.07, 6.45) is 4.84. The molecular formula is C10H15N5. The van der Waals surface area contributed by atoms with E-state index in [4.69, 9.17) is 11.5 Å². The van der Waals surface area contributed by atoms with Gasteiger partial charge in [0.05, 0.1) is 0 Å². The maximum Gasteiger partial charge on any atom is 0.221 e. The third-order valence-electron chi connectivity index (χ3n) is 2.60. The summed E-state index contributed by atoms with van der Waals surface area (Å²) in [5.41, 5.74) is 13.4. The maximum atomic E-state index is 5.80. The standard InChI is InChI=1S/C10H15N5/c1-15-4-2-7(3-5-15)8-6-13-10(12)14-9(8)11/h2,6H,3-5H2,1H3,(H4,11,12,13,14). The summed E-state index contributed by atoms with van der Waals surface area (Å²) in [5, 5.41) is 0. The van der Waals surface area contributed by atoms with Crippen molar-refractivity contribution < 1.29 is 0 Å². The van der Waals surface area contributed by atoms with Crippen LogP contribution in [0.25, 0.3) is 5.57 Å². The molecule has 1 aromatic rings. The molecule has 2 heterocycles. The lowest BCUT2D eigenvalue weighted by Gasteiger charge is -2.22. The third kappa shape index (κ3) is 2.07. The first-order chi connectivity index (χ1) is 7.16. The van der Waals surface area contributed by atoms with Crippen LogP contribution in [0.5, 0.6) is 0 Å². The van der Waals surface area contributed by atoms with E-state index in [9.17, 15) is 0 Å². The Morgan fingerprint density at radius 1 is 1.40 bits per heavy atom. The van der Waals surface area contributed by atoms with Crippen LogP contribution in [0.1, 0.15) is 12.0 Å². The zero-order chi connectivity index (χ0) is 10.8. The predicted octanol–water partition coefficient (Wildman–Crippen LogP) is 0.360. The topological polar surface area (TPSA) is 81.1 Å². The first-order valence-corrected chi connectivity index (χ1v) is 4.93. The number of hydrogen-bond donors (Lipinski definition) is 2. The van der Waals surface area contributed by atoms with Gasteiger partial charge < -0.3 is 16.4 Å². The molecule has 1 aromatic heterocycles. The van der Waals surface area contributed by atoms with Crippen molar-refractivity contribution in [3.05, 3.63) is 17.8 Å². The van der Waals surface area contributed by atoms with Crippen LogP contribution >= 0.6 is 0 Å². The van der Waals surface area contributed by atoms with Crippen molar-refractivity contribution in [3.8, 4) is 0 Å². The second-order valence-electron chi connectivity index (χ2n) is 3.77. The Morgan fingerprint density at radius 2 is 2.20 bits per heavy atom. The van der Waals surface area contributed by atoms with Gasteiger partial charge in [0.25, 0.3) is 0 Å². The van der Waals surface area contributed by atoms with Gasteiger partial charge in [0.2, 0.25) is 5.95 Å². The molecule has 15 heavy (non-hydrogen) atoms. The van der Waals surface area contributed by atoms with E-state index in [2.05, 4.69) is 28.0 Å². The molecule has 0 amide bonds. The number of likely N-dealkylation sites (N-methyl/N-ethyl adjacent to an activating group) is 1. The normalized spacial score (nSPS) is 17.5. The molecule has 0 saturated heterocycles. The van der Waals surface area contributed by atoms with E-state index in [1.165, 1.54) is 5.57 Å². The molecule has 5 heteroatoms. The lowest BCUT2D eigenvalue weighted by molar-refractivity contribution is 0.370. The molecular weight excluding hydrogens is 190 g/mol. The first-order valence-electron chi connectivity index (χ1n) is 4.93. The van der Waals surface area contributed by atoms with Gasteiger partial charge in [-0.15, -0.1) is 0 Å². The van der Waals surface area contributed by atoms with Gasteiger partial charge in [0, 0.05) is 24.8 Å². The van der Waals surface area contributed by atoms with Crippen LogP contribution in [0.15, 0.2) is 12.3 Å². The average molecular weight is 205 g/mol. The van der Waals surface area contributed by atoms with Crippen molar-refractivity contribution in [2.24, 2.45) is 0 Å². The minimum Gasteiger partial charge on any atom is -0.383 e. The predicted molar refractivity (Wildman–Crippen MR) is 60.9 cm³/mol. The molecule has 0 fully saturated rings. The van der Waals surface area contributed by atoms with Gasteiger partial charge in [0.15, 0.2) is 0 Å². The molecule has 0 atom stereocenters. The molecule has 1 aliphatic rings. The zero-order valence-electron chi connectivity index (χ0n) is 8.77. The summed E-state index contributed by atoms with van der Waals surface area (Å²) in [5.74, 6) is 0.697. The molecule has 1 aliphatic heterocycles. The van der Waals surface area contributed by atoms with Gasteiger partial charge in [-0.05, 0) is 19.0 Å². The van der Waals surface area contributed by atoms with Gasteiger partial charge in [-0.1, -0.05) is 6.08 Å². The van der Waals surface area contributed by atoms with Crippen molar-refractivity contribution in [3.63, 3.8) is 0 Å². The quantitative estimate of drug-likeness (QED) is 0.692. The summed E-state index contributed by atoms with van der Waals surface area (Å²) >= 11 is 0. The van der Waals surface area contributed by atoms with Crippen LogP contribution in [-0.4, -0.2) is 35.0 Å². The van der Waals surface area contributed by atoms with Gasteiger partial charge in [-0.3, -0.25) is 0 Å². The Bertz CT molecular complexity index is 399. The Balaban J connectivity index is 2.30. The molecule has 4 N–H and O–H groups in total. The fraction of sp³-hybridized carbons (Fsp3) is 0.400. The Labute approximate surface area is 88.8 Å². The largest absolute Gasteiger partial charge is 0.383 e. The molecule has 0 spiro atoms. The monoisotopic (exact) mass is 205 g/mol. The SMILES string of the molecule is CN1CC=C(c2cnc(N)nc2N)CC1. The van der Waals surface area contributed by atoms with Crippen LogP contribution in [0.4, 0.5) is 11.8 Å². The van der Waals surface area contributed by atoms with Crippen LogP contribution in [-0.2, 0) is 0 Å². The Morgan fingerprint density at radius 3 is 2.80 bits per heavy atom. The summed E-state index contributed by atoms with van der Waals surface area (Å²) in [6, 6.07) is 0. The zero-order valence-corrected chi connectivity index (χ0v) is 8.77. The van der Waals surface area contributed by atoms with E-state index < -0.39 is 0 Å². The highest BCUT2D eigenvalue weighted by atomic mass is 15.1. The number of nitrogen functional groups attached to an aromatic ring is 2. The minimum absolute atomic E-state index is 0.227. The lowest BCUT2D eigenvalue weighted by Crippen LogP contribution is -2.24. The maximum absolute atomic E-state index is 5.80. The molecule has 0 unspecified atom stereocenters. The highest BCUT2D eigenvalue weighted by Crippen LogP contribution is 2.24. The second-order valence-corrected chi connectivity index (χ2v) is 3.77. The van der Waals surface area contributed by atoms with Crippen LogP contribution in [0.3, 0.4) is 0 Å². The van der Waals surface area contributed by atoms with Crippen LogP contribution in [0.2, 0.25) is 0 Å². The van der Waals surface area contributed by atoms with E-state index in [-0.39, 0.29) is 5.95 Å². The third-order valence-corrected chi connectivity index (χ3v) is 2.60. The van der Waals surface area contributed by atoms with E-state index in [1.807, 2.05) is 0 Å². The summed E-state index contributed by atoms with van der Waals surface area (Å²) in [7, 11) is 2.09. The highest BCUT2D eigenvalue weighted by molar-refractivity contribution is 5.73. The number of hydrogen-bond acceptors (Lipinski definition) is 5. The molecule has 80 valence electrons. The molecule has 0 saturated carbocycles. The summed E-state index contributed by atoms with van der Waals surface area (Å²) in [6.45, 7) is 1.98. The van der Waals surface area contributed by atoms with Crippen LogP contribution < -0.4 is 11.5 Å².